The molecule has 0 aromatic rings. The van der Waals surface area contributed by atoms with Gasteiger partial charge in [0.2, 0.25) is 5.91 Å². The number of nitrogens with two attached hydrogens (primary N) is 1. The summed E-state index contributed by atoms with van der Waals surface area (Å²) < 4.78 is 0. The molecule has 3 atom stereocenters. The molecule has 1 unspecified atom stereocenters. The van der Waals surface area contributed by atoms with Crippen LogP contribution < -0.4 is 11.1 Å². The molecule has 1 aliphatic carbocycles. The van der Waals surface area contributed by atoms with Crippen molar-refractivity contribution in [2.24, 2.45) is 11.7 Å². The molecule has 140 valence electrons. The molecule has 0 aromatic carbocycles. The molecule has 1 saturated heterocycles. The molecule has 1 amide bonds. The van der Waals surface area contributed by atoms with E-state index < -0.39 is 0 Å². The van der Waals surface area contributed by atoms with Gasteiger partial charge in [0.05, 0.1) is 0 Å². The van der Waals surface area contributed by atoms with E-state index in [1.807, 2.05) is 0 Å². The maximum Gasteiger partial charge on any atom is 0.220 e. The first-order chi connectivity index (χ1) is 9.54. The van der Waals surface area contributed by atoms with Crippen LogP contribution in [0.4, 0.5) is 0 Å². The van der Waals surface area contributed by atoms with Crippen LogP contribution >= 0.6 is 37.2 Å². The van der Waals surface area contributed by atoms with E-state index in [2.05, 4.69) is 29.1 Å². The summed E-state index contributed by atoms with van der Waals surface area (Å²) in [5.74, 6) is 0.569. The summed E-state index contributed by atoms with van der Waals surface area (Å²) in [6, 6.07) is 0.456. The lowest BCUT2D eigenvalue weighted by Gasteiger charge is -2.34. The molecule has 2 fully saturated rings. The molecule has 0 spiro atoms. The van der Waals surface area contributed by atoms with Crippen LogP contribution in [0, 0.1) is 5.92 Å². The van der Waals surface area contributed by atoms with Crippen molar-refractivity contribution in [2.45, 2.75) is 44.7 Å². The van der Waals surface area contributed by atoms with Gasteiger partial charge in [-0.1, -0.05) is 6.42 Å². The quantitative estimate of drug-likeness (QED) is 0.746. The van der Waals surface area contributed by atoms with Gasteiger partial charge in [-0.3, -0.25) is 9.69 Å². The largest absolute Gasteiger partial charge is 0.352 e. The highest BCUT2D eigenvalue weighted by Crippen LogP contribution is 2.26. The molecule has 2 rings (SSSR count). The van der Waals surface area contributed by atoms with Crippen LogP contribution in [0.1, 0.15) is 32.6 Å². The molecule has 5 nitrogen and oxygen atoms in total. The third kappa shape index (κ3) is 8.75. The number of rotatable bonds is 5. The van der Waals surface area contributed by atoms with Crippen LogP contribution in [-0.2, 0) is 4.79 Å². The van der Waals surface area contributed by atoms with Crippen molar-refractivity contribution in [1.82, 2.24) is 15.1 Å². The molecule has 0 aromatic heterocycles. The van der Waals surface area contributed by atoms with Crippen molar-refractivity contribution in [3.05, 3.63) is 0 Å². The zero-order valence-electron chi connectivity index (χ0n) is 14.2. The first-order valence-corrected chi connectivity index (χ1v) is 8.00. The van der Waals surface area contributed by atoms with Crippen molar-refractivity contribution in [2.75, 3.05) is 39.8 Å². The third-order valence-electron chi connectivity index (χ3n) is 4.70. The number of likely N-dealkylation sites (N-methyl/N-ethyl adjacent to an activating group) is 1. The van der Waals surface area contributed by atoms with Crippen LogP contribution in [0.25, 0.3) is 0 Å². The van der Waals surface area contributed by atoms with Crippen molar-refractivity contribution in [1.29, 1.82) is 0 Å². The lowest BCUT2D eigenvalue weighted by Crippen LogP contribution is -2.50. The van der Waals surface area contributed by atoms with Crippen molar-refractivity contribution < 1.29 is 4.79 Å². The summed E-state index contributed by atoms with van der Waals surface area (Å²) in [5.41, 5.74) is 6.03. The van der Waals surface area contributed by atoms with E-state index >= 15 is 0 Å². The van der Waals surface area contributed by atoms with Crippen LogP contribution in [0.2, 0.25) is 0 Å². The minimum Gasteiger partial charge on any atom is -0.352 e. The summed E-state index contributed by atoms with van der Waals surface area (Å²) in [4.78, 5) is 16.8. The van der Waals surface area contributed by atoms with Gasteiger partial charge >= 0.3 is 0 Å². The standard InChI is InChI=1S/C15H30N4O.3ClH/c1-12(11-19-8-6-18(2)7-9-19)17-15(20)10-13-4-3-5-14(13)16;;;/h12-14H,3-11,16H2,1-2H3,(H,17,20);3*1H/t12?,13-,14+;;;/m0.../s1. The predicted octanol–water partition coefficient (Wildman–Crippen LogP) is 1.52. The van der Waals surface area contributed by atoms with E-state index in [1.165, 1.54) is 6.42 Å². The van der Waals surface area contributed by atoms with E-state index in [1.54, 1.807) is 0 Å². The molecule has 2 aliphatic rings. The minimum absolute atomic E-state index is 0. The van der Waals surface area contributed by atoms with Gasteiger partial charge in [0.1, 0.15) is 0 Å². The van der Waals surface area contributed by atoms with Gasteiger partial charge in [0.25, 0.3) is 0 Å². The maximum absolute atomic E-state index is 12.1. The van der Waals surface area contributed by atoms with E-state index in [0.29, 0.717) is 12.3 Å². The van der Waals surface area contributed by atoms with E-state index in [-0.39, 0.29) is 55.2 Å². The summed E-state index contributed by atoms with van der Waals surface area (Å²) in [5, 5.41) is 3.14. The number of hydrogen-bond donors (Lipinski definition) is 2. The third-order valence-corrected chi connectivity index (χ3v) is 4.70. The summed E-state index contributed by atoms with van der Waals surface area (Å²) >= 11 is 0. The highest BCUT2D eigenvalue weighted by molar-refractivity contribution is 5.86. The van der Waals surface area contributed by atoms with E-state index in [9.17, 15) is 4.79 Å². The van der Waals surface area contributed by atoms with Crippen LogP contribution in [-0.4, -0.2) is 67.6 Å². The number of piperazine rings is 1. The van der Waals surface area contributed by atoms with Gasteiger partial charge in [-0.15, -0.1) is 37.2 Å². The molecule has 8 heteroatoms. The SMILES string of the molecule is CC(CN1CCN(C)CC1)NC(=O)C[C@@H]1CCC[C@H]1N.Cl.Cl.Cl. The molecular formula is C15H33Cl3N4O. The van der Waals surface area contributed by atoms with Gasteiger partial charge in [0.15, 0.2) is 0 Å². The Bertz CT molecular complexity index is 328. The fourth-order valence-corrected chi connectivity index (χ4v) is 3.35. The number of hydrogen-bond acceptors (Lipinski definition) is 4. The van der Waals surface area contributed by atoms with Gasteiger partial charge in [-0.2, -0.15) is 0 Å². The normalized spacial score (nSPS) is 26.4. The molecular weight excluding hydrogens is 359 g/mol. The number of carbonyl (C=O) groups is 1. The minimum atomic E-state index is 0. The Labute approximate surface area is 159 Å². The zero-order valence-corrected chi connectivity index (χ0v) is 16.7. The second-order valence-corrected chi connectivity index (χ2v) is 6.63. The second kappa shape index (κ2) is 12.6. The highest BCUT2D eigenvalue weighted by atomic mass is 35.5. The maximum atomic E-state index is 12.1. The number of nitrogens with zero attached hydrogens (tertiary/aromatic N) is 2. The Morgan fingerprint density at radius 1 is 1.17 bits per heavy atom. The Kier molecular flexibility index (Phi) is 13.9. The molecule has 23 heavy (non-hydrogen) atoms. The summed E-state index contributed by atoms with van der Waals surface area (Å²) in [6.45, 7) is 7.50. The summed E-state index contributed by atoms with van der Waals surface area (Å²) in [7, 11) is 2.16. The predicted molar refractivity (Wildman–Crippen MR) is 103 cm³/mol. The zero-order chi connectivity index (χ0) is 14.5. The number of halogens is 3. The first kappa shape index (κ1) is 25.5. The lowest BCUT2D eigenvalue weighted by atomic mass is 10.00. The molecule has 1 aliphatic heterocycles. The van der Waals surface area contributed by atoms with E-state index in [4.69, 9.17) is 5.73 Å². The second-order valence-electron chi connectivity index (χ2n) is 6.63. The summed E-state index contributed by atoms with van der Waals surface area (Å²) in [6.07, 6.45) is 3.97. The van der Waals surface area contributed by atoms with Gasteiger partial charge in [0, 0.05) is 51.2 Å². The van der Waals surface area contributed by atoms with Crippen molar-refractivity contribution in [3.8, 4) is 0 Å². The Morgan fingerprint density at radius 2 is 1.78 bits per heavy atom. The fourth-order valence-electron chi connectivity index (χ4n) is 3.35. The molecule has 1 saturated carbocycles. The average Bonchev–Trinajstić information content (AvgIpc) is 2.77. The Hall–Kier alpha value is 0.220. The monoisotopic (exact) mass is 390 g/mol. The molecule has 0 bridgehead atoms. The smallest absolute Gasteiger partial charge is 0.220 e. The van der Waals surface area contributed by atoms with Crippen LogP contribution in [0.3, 0.4) is 0 Å². The van der Waals surface area contributed by atoms with Gasteiger partial charge in [-0.25, -0.2) is 0 Å². The fraction of sp³-hybridized carbons (Fsp3) is 0.933. The average molecular weight is 392 g/mol. The number of amides is 1. The first-order valence-electron chi connectivity index (χ1n) is 8.00. The number of nitrogens with one attached hydrogen (secondary N) is 1. The Morgan fingerprint density at radius 3 is 2.30 bits per heavy atom. The number of carbonyl (C=O) groups excluding carboxylic acids is 1. The van der Waals surface area contributed by atoms with Crippen LogP contribution in [0.15, 0.2) is 0 Å². The molecule has 1 heterocycles. The van der Waals surface area contributed by atoms with Crippen molar-refractivity contribution in [3.63, 3.8) is 0 Å². The van der Waals surface area contributed by atoms with Crippen LogP contribution in [0.5, 0.6) is 0 Å². The van der Waals surface area contributed by atoms with E-state index in [0.717, 1.165) is 45.6 Å². The van der Waals surface area contributed by atoms with Gasteiger partial charge in [-0.05, 0) is 32.7 Å². The Balaban J connectivity index is 0. The molecule has 3 N–H and O–H groups in total. The molecule has 0 radical (unpaired) electrons. The topological polar surface area (TPSA) is 61.6 Å². The van der Waals surface area contributed by atoms with Crippen molar-refractivity contribution >= 4 is 43.1 Å². The van der Waals surface area contributed by atoms with Gasteiger partial charge < -0.3 is 16.0 Å². The highest BCUT2D eigenvalue weighted by Gasteiger charge is 2.26. The lowest BCUT2D eigenvalue weighted by molar-refractivity contribution is -0.122.